The van der Waals surface area contributed by atoms with Gasteiger partial charge in [-0.1, -0.05) is 192 Å². The molecular formula is C91H108BrI3N4O10Sn. The molecular weight excluding hydrogens is 1890 g/mol. The smallest absolute Gasteiger partial charge is 0.410 e. The van der Waals surface area contributed by atoms with E-state index in [1.165, 1.54) is 53.2 Å². The topological polar surface area (TPSA) is 151 Å². The summed E-state index contributed by atoms with van der Waals surface area (Å²) in [5.74, 6) is 1.48. The van der Waals surface area contributed by atoms with Crippen molar-refractivity contribution in [3.63, 3.8) is 0 Å². The van der Waals surface area contributed by atoms with Gasteiger partial charge in [0.1, 0.15) is 18.0 Å². The van der Waals surface area contributed by atoms with E-state index in [2.05, 4.69) is 266 Å². The van der Waals surface area contributed by atoms with Gasteiger partial charge in [0.25, 0.3) is 0 Å². The van der Waals surface area contributed by atoms with E-state index in [1.54, 1.807) is 22.2 Å². The Morgan fingerprint density at radius 1 is 0.436 bits per heavy atom. The molecule has 2 aromatic heterocycles. The first-order valence-corrected chi connectivity index (χ1v) is 51.8. The molecule has 10 aromatic rings. The van der Waals surface area contributed by atoms with Crippen LogP contribution in [0.3, 0.4) is 0 Å². The van der Waals surface area contributed by atoms with Crippen molar-refractivity contribution in [3.8, 4) is 22.6 Å². The predicted octanol–water partition coefficient (Wildman–Crippen LogP) is 21.4. The second-order valence-corrected chi connectivity index (χ2v) is 48.3. The molecule has 2 amide bonds. The average Bonchev–Trinajstić information content (AvgIpc) is 0.822. The molecule has 0 spiro atoms. The molecule has 0 saturated carbocycles. The van der Waals surface area contributed by atoms with E-state index in [9.17, 15) is 9.59 Å². The Kier molecular flexibility index (Phi) is 40.6. The zero-order valence-corrected chi connectivity index (χ0v) is 76.0. The average molecular weight is 2000 g/mol. The number of alkyl halides is 1. The number of hydrogen-bond acceptors (Lipinski definition) is 12. The van der Waals surface area contributed by atoms with Crippen LogP contribution in [0.25, 0.3) is 11.1 Å². The normalized spacial score (nSPS) is 13.5. The van der Waals surface area contributed by atoms with Gasteiger partial charge in [-0.3, -0.25) is 4.98 Å². The van der Waals surface area contributed by atoms with Crippen LogP contribution in [0.5, 0.6) is 11.5 Å². The van der Waals surface area contributed by atoms with E-state index < -0.39 is 29.6 Å². The van der Waals surface area contributed by atoms with Crippen LogP contribution in [-0.4, -0.2) is 131 Å². The van der Waals surface area contributed by atoms with Crippen LogP contribution >= 0.6 is 83.7 Å². The number of amides is 2. The van der Waals surface area contributed by atoms with Gasteiger partial charge in [0.15, 0.2) is 0 Å². The Morgan fingerprint density at radius 3 is 1.15 bits per heavy atom. The number of aromatic nitrogens is 2. The number of hydrogen-bond donors (Lipinski definition) is 1. The molecule has 0 aliphatic carbocycles. The quantitative estimate of drug-likeness (QED) is 0.0238. The van der Waals surface area contributed by atoms with E-state index in [0.717, 1.165) is 86.1 Å². The zero-order valence-electron chi connectivity index (χ0n) is 65.1. The summed E-state index contributed by atoms with van der Waals surface area (Å²) >= 11 is 8.20. The summed E-state index contributed by atoms with van der Waals surface area (Å²) in [4.78, 5) is 43.6. The monoisotopic (exact) mass is 2000 g/mol. The number of pyridine rings is 2. The summed E-state index contributed by atoms with van der Waals surface area (Å²) in [6.45, 7) is 18.0. The molecule has 19 heteroatoms. The number of likely N-dealkylation sites (tertiary alicyclic amines) is 2. The van der Waals surface area contributed by atoms with Crippen molar-refractivity contribution in [1.29, 1.82) is 0 Å². The molecule has 1 N–H and O–H groups in total. The van der Waals surface area contributed by atoms with E-state index in [-0.39, 0.29) is 30.9 Å². The number of nitrogens with zero attached hydrogens (tertiary/aromatic N) is 4. The van der Waals surface area contributed by atoms with E-state index in [0.29, 0.717) is 51.9 Å². The first-order chi connectivity index (χ1) is 52.9. The minimum absolute atomic E-state index is 0.0184. The molecule has 110 heavy (non-hydrogen) atoms. The van der Waals surface area contributed by atoms with Crippen molar-refractivity contribution in [1.82, 2.24) is 19.8 Å². The summed E-state index contributed by atoms with van der Waals surface area (Å²) in [5, 5.41) is 9.47. The predicted molar refractivity (Wildman–Crippen MR) is 477 cm³/mol. The summed E-state index contributed by atoms with van der Waals surface area (Å²) in [6.07, 6.45) is 12.2. The Labute approximate surface area is 707 Å². The Hall–Kier alpha value is -6.49. The van der Waals surface area contributed by atoms with Crippen molar-refractivity contribution < 1.29 is 47.9 Å². The SMILES string of the molecule is BrCc1cccc(I)c1.CC(C)(C)OC(=O)N1CC[C@H]1COc1cnc[c]([Sn]([CH3])([CH3])[CH3])c1.CC(C)(C)OC(=O)N1CC[C@H]1COc1cncc(-c2cccc(COCCc3ccccc3)c2)c1.Ic1cccc(COCCc2ccccc2)c1.Ic1cccc(COCCc2ccccc2)c1.OCCc1ccccc1. The van der Waals surface area contributed by atoms with Gasteiger partial charge < -0.3 is 33.7 Å². The van der Waals surface area contributed by atoms with Crippen LogP contribution in [0.4, 0.5) is 9.59 Å². The first kappa shape index (κ1) is 90.7. The third-order valence-corrected chi connectivity index (χ3v) is 25.4. The van der Waals surface area contributed by atoms with Crippen LogP contribution in [-0.2, 0) is 74.5 Å². The van der Waals surface area contributed by atoms with Crippen LogP contribution in [0, 0.1) is 10.7 Å². The second kappa shape index (κ2) is 49.2. The number of aliphatic hydroxyl groups excluding tert-OH is 1. The number of benzene rings is 8. The summed E-state index contributed by atoms with van der Waals surface area (Å²) < 4.78 is 45.2. The van der Waals surface area contributed by atoms with Gasteiger partial charge in [-0.2, -0.15) is 0 Å². The van der Waals surface area contributed by atoms with E-state index in [1.807, 2.05) is 127 Å². The molecule has 584 valence electrons. The van der Waals surface area contributed by atoms with Gasteiger partial charge in [-0.25, -0.2) is 4.79 Å². The Bertz CT molecular complexity index is 4180. The maximum absolute atomic E-state index is 12.3. The fourth-order valence-corrected chi connectivity index (χ4v) is 16.0. The number of rotatable bonds is 26. The van der Waals surface area contributed by atoms with Crippen LogP contribution in [0.2, 0.25) is 14.8 Å². The van der Waals surface area contributed by atoms with Gasteiger partial charge in [-0.15, -0.1) is 0 Å². The van der Waals surface area contributed by atoms with Gasteiger partial charge in [0, 0.05) is 41.0 Å². The molecule has 2 atom stereocenters. The summed E-state index contributed by atoms with van der Waals surface area (Å²) in [5.41, 5.74) is 11.1. The molecule has 4 heterocycles. The number of carbonyl (C=O) groups is 2. The molecule has 2 fully saturated rings. The molecule has 0 unspecified atom stereocenters. The van der Waals surface area contributed by atoms with Gasteiger partial charge in [-0.05, 0) is 219 Å². The third-order valence-electron chi connectivity index (χ3n) is 17.0. The molecule has 12 rings (SSSR count). The molecule has 0 bridgehead atoms. The maximum atomic E-state index is 12.3. The Morgan fingerprint density at radius 2 is 0.791 bits per heavy atom. The summed E-state index contributed by atoms with van der Waals surface area (Å²) in [6, 6.07) is 78.9. The Balaban J connectivity index is 0.000000195. The number of aliphatic hydroxyl groups is 1. The van der Waals surface area contributed by atoms with Crippen molar-refractivity contribution in [2.45, 2.75) is 143 Å². The summed E-state index contributed by atoms with van der Waals surface area (Å²) in [7, 11) is 0. The maximum Gasteiger partial charge on any atom is 0.410 e. The van der Waals surface area contributed by atoms with Crippen molar-refractivity contribution >= 4 is 118 Å². The standard InChI is InChI=1S/C29H34N2O4.2C15H15IO.C14H19N2O3.C8H10O.C7H6BrI.3CH3.Sn/c1-29(2,3)35-28(32)31-14-12-26(31)21-34-27-17-25(18-30-19-27)24-11-7-10-23(16-24)20-33-15-13-22-8-5-4-6-9-22;2*16-15-8-4-7-14(11-15)12-17-10-9-13-5-2-1-3-6-13;1-14(2,3)19-13(17)16-8-6-11(16)10-18-12-5-4-7-15-9-12;9-7-6-8-4-2-1-3-5-8;8-5-6-2-1-3-7(9)4-6;;;;/h4-11,16-19,26H,12-15,20-21H2,1-3H3;2*1-8,11H,9-10,12H2;5,7,9,11H,6,8,10H2,1-3H3;1-5,9H,6-7H2;1-4H,5H2;3*1H3;/t26-;;;11-;;;;;;/m0..0....../s1. The zero-order chi connectivity index (χ0) is 79.0. The molecule has 0 radical (unpaired) electrons. The van der Waals surface area contributed by atoms with Gasteiger partial charge in [0.2, 0.25) is 0 Å². The van der Waals surface area contributed by atoms with Crippen LogP contribution in [0.1, 0.15) is 98.9 Å². The minimum Gasteiger partial charge on any atom is -0.490 e. The number of ether oxygens (including phenoxy) is 7. The molecule has 2 aliphatic rings. The van der Waals surface area contributed by atoms with Crippen molar-refractivity contribution in [2.75, 3.05) is 52.7 Å². The second-order valence-electron chi connectivity index (χ2n) is 29.5. The van der Waals surface area contributed by atoms with Gasteiger partial charge >= 0.3 is 149 Å². The van der Waals surface area contributed by atoms with E-state index in [4.69, 9.17) is 38.3 Å². The van der Waals surface area contributed by atoms with Crippen molar-refractivity contribution in [2.24, 2.45) is 0 Å². The third kappa shape index (κ3) is 36.5. The van der Waals surface area contributed by atoms with Crippen molar-refractivity contribution in [3.05, 3.63) is 311 Å². The molecule has 2 saturated heterocycles. The largest absolute Gasteiger partial charge is 0.490 e. The number of carbonyl (C=O) groups excluding carboxylic acids is 2. The van der Waals surface area contributed by atoms with Gasteiger partial charge in [0.05, 0.1) is 51.9 Å². The fraction of sp³-hybridized carbons (Fsp3) is 0.341. The molecule has 14 nitrogen and oxygen atoms in total. The fourth-order valence-electron chi connectivity index (χ4n) is 10.9. The van der Waals surface area contributed by atoms with Crippen LogP contribution in [0.15, 0.2) is 255 Å². The first-order valence-electron chi connectivity index (χ1n) is 37.4. The molecule has 8 aromatic carbocycles. The molecule has 2 aliphatic heterocycles. The minimum atomic E-state index is -2.13. The van der Waals surface area contributed by atoms with Crippen LogP contribution < -0.4 is 13.1 Å². The number of halogens is 4. The van der Waals surface area contributed by atoms with E-state index >= 15 is 0 Å².